The molecule has 4 nitrogen and oxygen atoms in total. The van der Waals surface area contributed by atoms with Crippen molar-refractivity contribution in [2.75, 3.05) is 0 Å². The van der Waals surface area contributed by atoms with Crippen molar-refractivity contribution in [2.45, 2.75) is 0 Å². The Kier molecular flexibility index (Phi) is 2.09. The highest BCUT2D eigenvalue weighted by Gasteiger charge is 2.09. The Morgan fingerprint density at radius 3 is 2.65 bits per heavy atom. The Morgan fingerprint density at radius 1 is 1.06 bits per heavy atom. The quantitative estimate of drug-likeness (QED) is 0.591. The minimum absolute atomic E-state index is 0.384. The molecular weight excluding hydrogens is 212 g/mol. The summed E-state index contributed by atoms with van der Waals surface area (Å²) in [5.41, 5.74) is 2.50. The first kappa shape index (κ1) is 9.55. The van der Waals surface area contributed by atoms with Gasteiger partial charge in [0, 0.05) is 0 Å². The topological polar surface area (TPSA) is 35.1 Å². The monoisotopic (exact) mass is 220 g/mol. The zero-order valence-corrected chi connectivity index (χ0v) is 8.91. The lowest BCUT2D eigenvalue weighted by atomic mass is 10.3. The molecule has 3 aromatic rings. The summed E-state index contributed by atoms with van der Waals surface area (Å²) in [5, 5.41) is 0. The molecule has 0 aliphatic carbocycles. The Hall–Kier alpha value is -2.67. The van der Waals surface area contributed by atoms with Crippen LogP contribution in [0.2, 0.25) is 0 Å². The van der Waals surface area contributed by atoms with E-state index in [0.29, 0.717) is 11.5 Å². The summed E-state index contributed by atoms with van der Waals surface area (Å²) in [6, 6.07) is 13.3. The molecule has 0 amide bonds. The molecule has 0 radical (unpaired) electrons. The van der Waals surface area contributed by atoms with Crippen molar-refractivity contribution in [1.29, 1.82) is 0 Å². The molecule has 0 atom stereocenters. The first-order valence-electron chi connectivity index (χ1n) is 5.15. The van der Waals surface area contributed by atoms with Gasteiger partial charge in [0.25, 0.3) is 11.5 Å². The van der Waals surface area contributed by atoms with Crippen LogP contribution in [0.4, 0.5) is 5.82 Å². The molecule has 17 heavy (non-hydrogen) atoms. The van der Waals surface area contributed by atoms with Crippen molar-refractivity contribution in [3.05, 3.63) is 60.2 Å². The Balaban J connectivity index is 2.28. The van der Waals surface area contributed by atoms with E-state index in [1.54, 1.807) is 12.4 Å². The lowest BCUT2D eigenvalue weighted by Crippen LogP contribution is -1.92. The van der Waals surface area contributed by atoms with Gasteiger partial charge in [-0.1, -0.05) is 29.8 Å². The zero-order valence-electron chi connectivity index (χ0n) is 8.91. The van der Waals surface area contributed by atoms with Gasteiger partial charge in [0.1, 0.15) is 11.8 Å². The van der Waals surface area contributed by atoms with Gasteiger partial charge in [-0.05, 0) is 24.3 Å². The standard InChI is InChI=1S/C13H8N4/c1-14-12-8-7-11-13(16-12)17(9-15-11)10-5-3-2-4-6-10/h2-9H. The Morgan fingerprint density at radius 2 is 1.88 bits per heavy atom. The third kappa shape index (κ3) is 1.54. The van der Waals surface area contributed by atoms with Crippen molar-refractivity contribution >= 4 is 17.0 Å². The van der Waals surface area contributed by atoms with E-state index in [0.717, 1.165) is 11.2 Å². The molecule has 0 aliphatic heterocycles. The maximum Gasteiger partial charge on any atom is 0.271 e. The van der Waals surface area contributed by atoms with Gasteiger partial charge < -0.3 is 4.85 Å². The molecule has 2 aromatic heterocycles. The van der Waals surface area contributed by atoms with Gasteiger partial charge in [0.2, 0.25) is 0 Å². The van der Waals surface area contributed by atoms with Crippen molar-refractivity contribution in [3.63, 3.8) is 0 Å². The second-order valence-electron chi connectivity index (χ2n) is 3.57. The van der Waals surface area contributed by atoms with Crippen molar-refractivity contribution < 1.29 is 0 Å². The number of pyridine rings is 1. The fourth-order valence-electron chi connectivity index (χ4n) is 1.72. The molecule has 0 saturated heterocycles. The van der Waals surface area contributed by atoms with Gasteiger partial charge in [0.05, 0.1) is 5.69 Å². The summed E-state index contributed by atoms with van der Waals surface area (Å²) in [7, 11) is 0. The van der Waals surface area contributed by atoms with Crippen LogP contribution in [0.25, 0.3) is 21.7 Å². The summed E-state index contributed by atoms with van der Waals surface area (Å²) in [6.07, 6.45) is 1.72. The number of aromatic nitrogens is 3. The van der Waals surface area contributed by atoms with Crippen molar-refractivity contribution in [2.24, 2.45) is 0 Å². The number of fused-ring (bicyclic) bond motifs is 1. The average Bonchev–Trinajstić information content (AvgIpc) is 2.82. The molecule has 4 heteroatoms. The molecule has 0 N–H and O–H groups in total. The molecule has 0 spiro atoms. The zero-order chi connectivity index (χ0) is 11.7. The predicted molar refractivity (Wildman–Crippen MR) is 65.1 cm³/mol. The van der Waals surface area contributed by atoms with Crippen LogP contribution in [0.1, 0.15) is 0 Å². The van der Waals surface area contributed by atoms with Crippen LogP contribution in [0.5, 0.6) is 0 Å². The van der Waals surface area contributed by atoms with Crippen LogP contribution in [-0.2, 0) is 0 Å². The van der Waals surface area contributed by atoms with Crippen LogP contribution in [0, 0.1) is 6.57 Å². The number of para-hydroxylation sites is 1. The number of hydrogen-bond donors (Lipinski definition) is 0. The SMILES string of the molecule is [C-]#[N+]c1ccc2ncn(-c3ccccc3)c2n1. The molecule has 2 heterocycles. The summed E-state index contributed by atoms with van der Waals surface area (Å²) in [6.45, 7) is 6.98. The average molecular weight is 220 g/mol. The second kappa shape index (κ2) is 3.72. The fourth-order valence-corrected chi connectivity index (χ4v) is 1.72. The van der Waals surface area contributed by atoms with Crippen molar-refractivity contribution in [3.8, 4) is 5.69 Å². The first-order valence-corrected chi connectivity index (χ1v) is 5.15. The molecule has 0 unspecified atom stereocenters. The predicted octanol–water partition coefficient (Wildman–Crippen LogP) is 2.97. The van der Waals surface area contributed by atoms with E-state index < -0.39 is 0 Å². The van der Waals surface area contributed by atoms with Gasteiger partial charge in [-0.2, -0.15) is 0 Å². The van der Waals surface area contributed by atoms with Crippen LogP contribution < -0.4 is 0 Å². The van der Waals surface area contributed by atoms with Crippen LogP contribution in [0.15, 0.2) is 48.8 Å². The van der Waals surface area contributed by atoms with Crippen LogP contribution in [0.3, 0.4) is 0 Å². The highest BCUT2D eigenvalue weighted by molar-refractivity contribution is 5.75. The van der Waals surface area contributed by atoms with E-state index in [2.05, 4.69) is 14.8 Å². The number of rotatable bonds is 1. The maximum absolute atomic E-state index is 6.98. The fraction of sp³-hybridized carbons (Fsp3) is 0. The lowest BCUT2D eigenvalue weighted by Gasteiger charge is -2.00. The number of imidazole rings is 1. The molecule has 0 saturated carbocycles. The third-order valence-electron chi connectivity index (χ3n) is 2.53. The van der Waals surface area contributed by atoms with Gasteiger partial charge in [0.15, 0.2) is 0 Å². The molecule has 3 rings (SSSR count). The van der Waals surface area contributed by atoms with E-state index in [9.17, 15) is 0 Å². The van der Waals surface area contributed by atoms with Gasteiger partial charge >= 0.3 is 0 Å². The molecule has 0 aliphatic rings. The Bertz CT molecular complexity index is 707. The molecule has 80 valence electrons. The van der Waals surface area contributed by atoms with E-state index in [4.69, 9.17) is 6.57 Å². The first-order chi connectivity index (χ1) is 8.38. The number of hydrogen-bond acceptors (Lipinski definition) is 2. The molecular formula is C13H8N4. The van der Waals surface area contributed by atoms with Crippen LogP contribution >= 0.6 is 0 Å². The number of benzene rings is 1. The smallest absolute Gasteiger partial charge is 0.271 e. The summed E-state index contributed by atoms with van der Waals surface area (Å²) >= 11 is 0. The van der Waals surface area contributed by atoms with Gasteiger partial charge in [-0.15, -0.1) is 0 Å². The number of nitrogens with zero attached hydrogens (tertiary/aromatic N) is 4. The van der Waals surface area contributed by atoms with E-state index in [1.807, 2.05) is 41.0 Å². The van der Waals surface area contributed by atoms with E-state index in [-0.39, 0.29) is 0 Å². The van der Waals surface area contributed by atoms with E-state index in [1.165, 1.54) is 0 Å². The highest BCUT2D eigenvalue weighted by atomic mass is 15.1. The summed E-state index contributed by atoms with van der Waals surface area (Å²) < 4.78 is 1.88. The maximum atomic E-state index is 6.98. The largest absolute Gasteiger partial charge is 0.361 e. The summed E-state index contributed by atoms with van der Waals surface area (Å²) in [4.78, 5) is 11.9. The lowest BCUT2D eigenvalue weighted by molar-refractivity contribution is 1.07. The molecule has 1 aromatic carbocycles. The van der Waals surface area contributed by atoms with Gasteiger partial charge in [-0.25, -0.2) is 4.98 Å². The highest BCUT2D eigenvalue weighted by Crippen LogP contribution is 2.19. The normalized spacial score (nSPS) is 10.3. The molecule has 0 fully saturated rings. The minimum atomic E-state index is 0.384. The second-order valence-corrected chi connectivity index (χ2v) is 3.57. The third-order valence-corrected chi connectivity index (χ3v) is 2.53. The Labute approximate surface area is 98.0 Å². The van der Waals surface area contributed by atoms with Crippen molar-refractivity contribution in [1.82, 2.24) is 14.5 Å². The van der Waals surface area contributed by atoms with Crippen LogP contribution in [-0.4, -0.2) is 14.5 Å². The minimum Gasteiger partial charge on any atom is -0.361 e. The van der Waals surface area contributed by atoms with E-state index >= 15 is 0 Å². The summed E-state index contributed by atoms with van der Waals surface area (Å²) in [5.74, 6) is 0.384. The van der Waals surface area contributed by atoms with Gasteiger partial charge in [-0.3, -0.25) is 4.57 Å². The molecule has 0 bridgehead atoms.